The number of amides is 1. The number of aliphatic hydroxyl groups excluding tert-OH is 1. The SMILES string of the molecule is COC(=O)[C@H](Cc1ccc(NC(C)(C)CCO)cc1)NC(=O)c1c(Cl)cccc1Cl. The molecule has 0 spiro atoms. The van der Waals surface area contributed by atoms with Crippen LogP contribution in [0.25, 0.3) is 0 Å². The Bertz CT molecular complexity index is 865. The summed E-state index contributed by atoms with van der Waals surface area (Å²) in [6.45, 7) is 4.09. The molecule has 0 radical (unpaired) electrons. The van der Waals surface area contributed by atoms with Gasteiger partial charge < -0.3 is 20.5 Å². The lowest BCUT2D eigenvalue weighted by molar-refractivity contribution is -0.142. The van der Waals surface area contributed by atoms with Crippen molar-refractivity contribution in [2.45, 2.75) is 38.3 Å². The maximum Gasteiger partial charge on any atom is 0.328 e. The van der Waals surface area contributed by atoms with Gasteiger partial charge in [0.1, 0.15) is 6.04 Å². The van der Waals surface area contributed by atoms with Crippen LogP contribution in [0, 0.1) is 0 Å². The van der Waals surface area contributed by atoms with E-state index in [2.05, 4.69) is 10.6 Å². The van der Waals surface area contributed by atoms with Gasteiger partial charge in [0.15, 0.2) is 0 Å². The number of rotatable bonds is 9. The lowest BCUT2D eigenvalue weighted by Gasteiger charge is -2.27. The number of aliphatic hydroxyl groups is 1. The highest BCUT2D eigenvalue weighted by Crippen LogP contribution is 2.24. The highest BCUT2D eigenvalue weighted by Gasteiger charge is 2.25. The molecule has 0 heterocycles. The van der Waals surface area contributed by atoms with E-state index in [1.54, 1.807) is 18.2 Å². The Kier molecular flexibility index (Phi) is 8.53. The molecule has 8 heteroatoms. The van der Waals surface area contributed by atoms with Crippen molar-refractivity contribution < 1.29 is 19.4 Å². The molecule has 3 N–H and O–H groups in total. The summed E-state index contributed by atoms with van der Waals surface area (Å²) in [6, 6.07) is 11.3. The number of benzene rings is 2. The van der Waals surface area contributed by atoms with Crippen molar-refractivity contribution in [3.63, 3.8) is 0 Å². The minimum Gasteiger partial charge on any atom is -0.467 e. The van der Waals surface area contributed by atoms with E-state index >= 15 is 0 Å². The van der Waals surface area contributed by atoms with Crippen LogP contribution in [0.4, 0.5) is 5.69 Å². The summed E-state index contributed by atoms with van der Waals surface area (Å²) in [5.41, 5.74) is 1.58. The first-order chi connectivity index (χ1) is 14.2. The fourth-order valence-electron chi connectivity index (χ4n) is 2.97. The number of carbonyl (C=O) groups is 2. The molecule has 30 heavy (non-hydrogen) atoms. The second-order valence-electron chi connectivity index (χ2n) is 7.53. The second-order valence-corrected chi connectivity index (χ2v) is 8.34. The van der Waals surface area contributed by atoms with Crippen LogP contribution in [0.3, 0.4) is 0 Å². The largest absolute Gasteiger partial charge is 0.467 e. The fourth-order valence-corrected chi connectivity index (χ4v) is 3.54. The van der Waals surface area contributed by atoms with Crippen LogP contribution in [0.2, 0.25) is 10.0 Å². The zero-order valence-electron chi connectivity index (χ0n) is 17.2. The third-order valence-corrected chi connectivity index (χ3v) is 5.22. The van der Waals surface area contributed by atoms with Gasteiger partial charge in [0.2, 0.25) is 0 Å². The molecule has 2 rings (SSSR count). The lowest BCUT2D eigenvalue weighted by atomic mass is 10.00. The number of esters is 1. The molecule has 2 aromatic carbocycles. The van der Waals surface area contributed by atoms with E-state index in [4.69, 9.17) is 33.0 Å². The Morgan fingerprint density at radius 2 is 1.70 bits per heavy atom. The number of carbonyl (C=O) groups excluding carboxylic acids is 2. The summed E-state index contributed by atoms with van der Waals surface area (Å²) in [5.74, 6) is -1.12. The Hall–Kier alpha value is -2.28. The van der Waals surface area contributed by atoms with Gasteiger partial charge in [-0.1, -0.05) is 41.4 Å². The third-order valence-electron chi connectivity index (χ3n) is 4.59. The van der Waals surface area contributed by atoms with Crippen LogP contribution < -0.4 is 10.6 Å². The fraction of sp³-hybridized carbons (Fsp3) is 0.364. The smallest absolute Gasteiger partial charge is 0.328 e. The van der Waals surface area contributed by atoms with Gasteiger partial charge in [0.05, 0.1) is 22.7 Å². The predicted octanol–water partition coefficient (Wildman–Crippen LogP) is 4.08. The lowest BCUT2D eigenvalue weighted by Crippen LogP contribution is -2.43. The molecule has 1 amide bonds. The van der Waals surface area contributed by atoms with Crippen LogP contribution in [0.5, 0.6) is 0 Å². The summed E-state index contributed by atoms with van der Waals surface area (Å²) in [6.07, 6.45) is 0.844. The molecule has 0 aromatic heterocycles. The minimum atomic E-state index is -0.903. The summed E-state index contributed by atoms with van der Waals surface area (Å²) >= 11 is 12.2. The summed E-state index contributed by atoms with van der Waals surface area (Å²) in [4.78, 5) is 24.9. The van der Waals surface area contributed by atoms with Crippen molar-refractivity contribution >= 4 is 40.8 Å². The van der Waals surface area contributed by atoms with Crippen molar-refractivity contribution in [2.75, 3.05) is 19.0 Å². The van der Waals surface area contributed by atoms with Crippen LogP contribution in [-0.2, 0) is 16.0 Å². The molecule has 6 nitrogen and oxygen atoms in total. The zero-order valence-corrected chi connectivity index (χ0v) is 18.7. The Labute approximate surface area is 186 Å². The van der Waals surface area contributed by atoms with Crippen molar-refractivity contribution in [3.8, 4) is 0 Å². The predicted molar refractivity (Wildman–Crippen MR) is 119 cm³/mol. The maximum atomic E-state index is 12.7. The van der Waals surface area contributed by atoms with Crippen molar-refractivity contribution in [2.24, 2.45) is 0 Å². The molecular weight excluding hydrogens is 427 g/mol. The minimum absolute atomic E-state index is 0.0913. The molecule has 0 aliphatic heterocycles. The van der Waals surface area contributed by atoms with Crippen molar-refractivity contribution in [1.29, 1.82) is 0 Å². The van der Waals surface area contributed by atoms with Gasteiger partial charge in [-0.3, -0.25) is 4.79 Å². The van der Waals surface area contributed by atoms with Gasteiger partial charge in [0.25, 0.3) is 5.91 Å². The molecule has 2 aromatic rings. The number of hydrogen-bond acceptors (Lipinski definition) is 5. The first-order valence-corrected chi connectivity index (χ1v) is 10.2. The number of methoxy groups -OCH3 is 1. The standard InChI is InChI=1S/C22H26Cl2N2O4/c1-22(2,11-12-27)26-15-9-7-14(8-10-15)13-18(21(29)30-3)25-20(28)19-16(23)5-4-6-17(19)24/h4-10,18,26-27H,11-13H2,1-3H3,(H,25,28)/t18-/m0/s1. The van der Waals surface area contributed by atoms with Gasteiger partial charge in [-0.05, 0) is 50.1 Å². The molecule has 0 aliphatic rings. The molecule has 0 saturated carbocycles. The summed E-state index contributed by atoms with van der Waals surface area (Å²) in [7, 11) is 1.26. The molecule has 0 aliphatic carbocycles. The van der Waals surface area contributed by atoms with E-state index in [-0.39, 0.29) is 34.2 Å². The van der Waals surface area contributed by atoms with Crippen LogP contribution >= 0.6 is 23.2 Å². The first kappa shape index (κ1) is 24.0. The average Bonchev–Trinajstić information content (AvgIpc) is 2.67. The van der Waals surface area contributed by atoms with Crippen molar-refractivity contribution in [3.05, 3.63) is 63.6 Å². The normalized spacial score (nSPS) is 12.2. The molecule has 0 unspecified atom stereocenters. The second kappa shape index (κ2) is 10.7. The van der Waals surface area contributed by atoms with Gasteiger partial charge in [0, 0.05) is 24.3 Å². The van der Waals surface area contributed by atoms with E-state index < -0.39 is 17.9 Å². The number of nitrogens with one attached hydrogen (secondary N) is 2. The van der Waals surface area contributed by atoms with Crippen LogP contribution in [0.1, 0.15) is 36.2 Å². The Morgan fingerprint density at radius 3 is 2.23 bits per heavy atom. The average molecular weight is 453 g/mol. The van der Waals surface area contributed by atoms with Gasteiger partial charge in [-0.15, -0.1) is 0 Å². The topological polar surface area (TPSA) is 87.7 Å². The van der Waals surface area contributed by atoms with E-state index in [1.807, 2.05) is 38.1 Å². The summed E-state index contributed by atoms with van der Waals surface area (Å²) < 4.78 is 4.84. The van der Waals surface area contributed by atoms with Gasteiger partial charge in [-0.2, -0.15) is 0 Å². The first-order valence-electron chi connectivity index (χ1n) is 9.47. The Balaban J connectivity index is 2.13. The molecular formula is C22H26Cl2N2O4. The van der Waals surface area contributed by atoms with Crippen LogP contribution in [0.15, 0.2) is 42.5 Å². The van der Waals surface area contributed by atoms with E-state index in [1.165, 1.54) is 7.11 Å². The summed E-state index contributed by atoms with van der Waals surface area (Å²) in [5, 5.41) is 15.6. The monoisotopic (exact) mass is 452 g/mol. The number of ether oxygens (including phenoxy) is 1. The third kappa shape index (κ3) is 6.62. The quantitative estimate of drug-likeness (QED) is 0.498. The molecule has 0 bridgehead atoms. The highest BCUT2D eigenvalue weighted by atomic mass is 35.5. The molecule has 0 saturated heterocycles. The van der Waals surface area contributed by atoms with E-state index in [0.29, 0.717) is 6.42 Å². The molecule has 0 fully saturated rings. The number of hydrogen-bond donors (Lipinski definition) is 3. The van der Waals surface area contributed by atoms with E-state index in [0.717, 1.165) is 11.3 Å². The number of halogens is 2. The molecule has 162 valence electrons. The number of anilines is 1. The molecule has 1 atom stereocenters. The van der Waals surface area contributed by atoms with Gasteiger partial charge >= 0.3 is 5.97 Å². The zero-order chi connectivity index (χ0) is 22.3. The maximum absolute atomic E-state index is 12.7. The van der Waals surface area contributed by atoms with Crippen molar-refractivity contribution in [1.82, 2.24) is 5.32 Å². The van der Waals surface area contributed by atoms with E-state index in [9.17, 15) is 9.59 Å². The highest BCUT2D eigenvalue weighted by molar-refractivity contribution is 6.39. The van der Waals surface area contributed by atoms with Gasteiger partial charge in [-0.25, -0.2) is 4.79 Å². The van der Waals surface area contributed by atoms with Crippen LogP contribution in [-0.4, -0.2) is 42.3 Å². The Morgan fingerprint density at radius 1 is 1.10 bits per heavy atom.